The molecule has 0 aromatic carbocycles. The van der Waals surface area contributed by atoms with Gasteiger partial charge in [0.15, 0.2) is 0 Å². The molecule has 24 heavy (non-hydrogen) atoms. The van der Waals surface area contributed by atoms with Crippen LogP contribution in [-0.2, 0) is 0 Å². The van der Waals surface area contributed by atoms with Crippen molar-refractivity contribution in [2.75, 3.05) is 39.3 Å². The first-order chi connectivity index (χ1) is 11.8. The van der Waals surface area contributed by atoms with Crippen LogP contribution in [0.3, 0.4) is 0 Å². The van der Waals surface area contributed by atoms with Crippen LogP contribution in [0.2, 0.25) is 0 Å². The molecule has 6 heteroatoms. The van der Waals surface area contributed by atoms with Crippen LogP contribution >= 0.6 is 0 Å². The number of carbonyl (C=O) groups excluding carboxylic acids is 1. The summed E-state index contributed by atoms with van der Waals surface area (Å²) in [5.74, 6) is 0.124. The van der Waals surface area contributed by atoms with E-state index < -0.39 is 0 Å². The van der Waals surface area contributed by atoms with Crippen LogP contribution in [0.1, 0.15) is 55.1 Å². The highest BCUT2D eigenvalue weighted by Crippen LogP contribution is 2.23. The molecule has 3 aliphatic rings. The molecule has 0 aliphatic carbocycles. The smallest absolute Gasteiger partial charge is 0.274 e. The summed E-state index contributed by atoms with van der Waals surface area (Å²) >= 11 is 0. The van der Waals surface area contributed by atoms with Crippen LogP contribution < -0.4 is 5.32 Å². The predicted molar refractivity (Wildman–Crippen MR) is 93.1 cm³/mol. The molecule has 3 aliphatic heterocycles. The molecular formula is C18H29N5O. The average Bonchev–Trinajstić information content (AvgIpc) is 3.37. The predicted octanol–water partition coefficient (Wildman–Crippen LogP) is 1.51. The van der Waals surface area contributed by atoms with E-state index >= 15 is 0 Å². The Morgan fingerprint density at radius 2 is 2.04 bits per heavy atom. The SMILES string of the molecule is O=C(c1ccn(C2CCCNC2)n1)N1CCCC1CN1CCCC1. The van der Waals surface area contributed by atoms with Crippen LogP contribution in [0.25, 0.3) is 0 Å². The van der Waals surface area contributed by atoms with E-state index in [0.717, 1.165) is 45.4 Å². The normalized spacial score (nSPS) is 28.6. The topological polar surface area (TPSA) is 53.4 Å². The maximum atomic E-state index is 12.9. The van der Waals surface area contributed by atoms with Crippen molar-refractivity contribution >= 4 is 5.91 Å². The van der Waals surface area contributed by atoms with Crippen LogP contribution in [0.5, 0.6) is 0 Å². The number of piperidine rings is 1. The van der Waals surface area contributed by atoms with E-state index in [1.54, 1.807) is 0 Å². The number of carbonyl (C=O) groups is 1. The number of nitrogens with one attached hydrogen (secondary N) is 1. The maximum absolute atomic E-state index is 12.9. The number of likely N-dealkylation sites (tertiary alicyclic amines) is 2. The molecule has 6 nitrogen and oxygen atoms in total. The van der Waals surface area contributed by atoms with Gasteiger partial charge in [-0.25, -0.2) is 0 Å². The molecule has 1 amide bonds. The second kappa shape index (κ2) is 7.23. The van der Waals surface area contributed by atoms with Crippen molar-refractivity contribution in [2.24, 2.45) is 0 Å². The number of aromatic nitrogens is 2. The third kappa shape index (κ3) is 3.35. The van der Waals surface area contributed by atoms with Gasteiger partial charge in [0.1, 0.15) is 5.69 Å². The van der Waals surface area contributed by atoms with E-state index in [-0.39, 0.29) is 5.91 Å². The molecule has 2 atom stereocenters. The quantitative estimate of drug-likeness (QED) is 0.909. The second-order valence-corrected chi connectivity index (χ2v) is 7.48. The van der Waals surface area contributed by atoms with Crippen molar-refractivity contribution in [3.8, 4) is 0 Å². The molecule has 0 radical (unpaired) electrons. The van der Waals surface area contributed by atoms with Crippen LogP contribution in [0.15, 0.2) is 12.3 Å². The monoisotopic (exact) mass is 331 g/mol. The number of hydrogen-bond acceptors (Lipinski definition) is 4. The van der Waals surface area contributed by atoms with Gasteiger partial charge < -0.3 is 15.1 Å². The number of rotatable bonds is 4. The Hall–Kier alpha value is -1.40. The lowest BCUT2D eigenvalue weighted by Gasteiger charge is -2.28. The molecule has 3 saturated heterocycles. The maximum Gasteiger partial charge on any atom is 0.274 e. The lowest BCUT2D eigenvalue weighted by Crippen LogP contribution is -2.42. The van der Waals surface area contributed by atoms with Crippen LogP contribution in [-0.4, -0.2) is 70.8 Å². The van der Waals surface area contributed by atoms with Gasteiger partial charge in [0.25, 0.3) is 5.91 Å². The fraction of sp³-hybridized carbons (Fsp3) is 0.778. The first-order valence-corrected chi connectivity index (χ1v) is 9.60. The van der Waals surface area contributed by atoms with Gasteiger partial charge in [-0.2, -0.15) is 5.10 Å². The Morgan fingerprint density at radius 3 is 2.83 bits per heavy atom. The minimum Gasteiger partial charge on any atom is -0.333 e. The summed E-state index contributed by atoms with van der Waals surface area (Å²) in [6.45, 7) is 6.37. The Bertz CT molecular complexity index is 560. The molecule has 4 rings (SSSR count). The number of nitrogens with zero attached hydrogens (tertiary/aromatic N) is 4. The van der Waals surface area contributed by atoms with Crippen LogP contribution in [0, 0.1) is 0 Å². The Balaban J connectivity index is 1.41. The van der Waals surface area contributed by atoms with Gasteiger partial charge in [0.05, 0.1) is 6.04 Å². The van der Waals surface area contributed by atoms with Gasteiger partial charge in [0, 0.05) is 31.9 Å². The van der Waals surface area contributed by atoms with Gasteiger partial charge in [-0.05, 0) is 64.2 Å². The molecule has 0 spiro atoms. The number of hydrogen-bond donors (Lipinski definition) is 1. The number of amides is 1. The van der Waals surface area contributed by atoms with Gasteiger partial charge in [-0.15, -0.1) is 0 Å². The standard InChI is InChI=1S/C18H29N5O/c24-18(17-7-12-23(20-17)15-5-3-8-19-13-15)22-11-4-6-16(22)14-21-9-1-2-10-21/h7,12,15-16,19H,1-6,8-11,13-14H2. The molecule has 2 unspecified atom stereocenters. The van der Waals surface area contributed by atoms with Crippen molar-refractivity contribution in [1.29, 1.82) is 0 Å². The molecule has 0 saturated carbocycles. The summed E-state index contributed by atoms with van der Waals surface area (Å²) in [4.78, 5) is 17.5. The van der Waals surface area contributed by atoms with Gasteiger partial charge in [-0.3, -0.25) is 9.48 Å². The lowest BCUT2D eigenvalue weighted by atomic mass is 10.1. The largest absolute Gasteiger partial charge is 0.333 e. The van der Waals surface area contributed by atoms with Crippen molar-refractivity contribution in [2.45, 2.75) is 50.6 Å². The molecule has 1 aromatic heterocycles. The van der Waals surface area contributed by atoms with Gasteiger partial charge >= 0.3 is 0 Å². The fourth-order valence-corrected chi connectivity index (χ4v) is 4.42. The molecule has 0 bridgehead atoms. The highest BCUT2D eigenvalue weighted by atomic mass is 16.2. The molecule has 1 aromatic rings. The van der Waals surface area contributed by atoms with Crippen molar-refractivity contribution in [3.05, 3.63) is 18.0 Å². The minimum absolute atomic E-state index is 0.124. The second-order valence-electron chi connectivity index (χ2n) is 7.48. The fourth-order valence-electron chi connectivity index (χ4n) is 4.42. The first-order valence-electron chi connectivity index (χ1n) is 9.60. The van der Waals surface area contributed by atoms with Crippen molar-refractivity contribution < 1.29 is 4.79 Å². The van der Waals surface area contributed by atoms with E-state index in [9.17, 15) is 4.79 Å². The van der Waals surface area contributed by atoms with E-state index in [4.69, 9.17) is 0 Å². The van der Waals surface area contributed by atoms with E-state index in [1.165, 1.54) is 32.4 Å². The van der Waals surface area contributed by atoms with E-state index in [2.05, 4.69) is 20.2 Å². The lowest BCUT2D eigenvalue weighted by molar-refractivity contribution is 0.0701. The van der Waals surface area contributed by atoms with Gasteiger partial charge in [0.2, 0.25) is 0 Å². The van der Waals surface area contributed by atoms with Gasteiger partial charge in [-0.1, -0.05) is 0 Å². The van der Waals surface area contributed by atoms with E-state index in [1.807, 2.05) is 16.9 Å². The van der Waals surface area contributed by atoms with Crippen molar-refractivity contribution in [3.63, 3.8) is 0 Å². The highest BCUT2D eigenvalue weighted by molar-refractivity contribution is 5.92. The molecule has 4 heterocycles. The third-order valence-electron chi connectivity index (χ3n) is 5.78. The zero-order chi connectivity index (χ0) is 16.4. The summed E-state index contributed by atoms with van der Waals surface area (Å²) in [5, 5.41) is 8.03. The zero-order valence-electron chi connectivity index (χ0n) is 14.5. The molecule has 132 valence electrons. The summed E-state index contributed by atoms with van der Waals surface area (Å²) in [6.07, 6.45) is 9.17. The molecular weight excluding hydrogens is 302 g/mol. The summed E-state index contributed by atoms with van der Waals surface area (Å²) in [6, 6.07) is 2.67. The Labute approximate surface area is 144 Å². The Morgan fingerprint density at radius 1 is 1.17 bits per heavy atom. The molecule has 3 fully saturated rings. The minimum atomic E-state index is 0.124. The summed E-state index contributed by atoms with van der Waals surface area (Å²) in [7, 11) is 0. The Kier molecular flexibility index (Phi) is 4.85. The van der Waals surface area contributed by atoms with Crippen molar-refractivity contribution in [1.82, 2.24) is 24.9 Å². The summed E-state index contributed by atoms with van der Waals surface area (Å²) in [5.41, 5.74) is 0.619. The average molecular weight is 331 g/mol. The third-order valence-corrected chi connectivity index (χ3v) is 5.78. The highest BCUT2D eigenvalue weighted by Gasteiger charge is 2.32. The molecule has 1 N–H and O–H groups in total. The van der Waals surface area contributed by atoms with Crippen LogP contribution in [0.4, 0.5) is 0 Å². The summed E-state index contributed by atoms with van der Waals surface area (Å²) < 4.78 is 1.99. The zero-order valence-corrected chi connectivity index (χ0v) is 14.5. The van der Waals surface area contributed by atoms with E-state index in [0.29, 0.717) is 17.8 Å². The first kappa shape index (κ1) is 16.1.